The number of hydrogen-bond acceptors (Lipinski definition) is 6. The fraction of sp³-hybridized carbons (Fsp3) is 0.308. The summed E-state index contributed by atoms with van der Waals surface area (Å²) < 4.78 is 12.8. The van der Waals surface area contributed by atoms with Crippen LogP contribution in [0.3, 0.4) is 0 Å². The Balaban J connectivity index is 1.31. The van der Waals surface area contributed by atoms with E-state index in [0.29, 0.717) is 43.3 Å². The van der Waals surface area contributed by atoms with Gasteiger partial charge in [0.05, 0.1) is 24.3 Å². The number of aryl methyl sites for hydroxylation is 1. The second-order valence-electron chi connectivity index (χ2n) is 8.42. The van der Waals surface area contributed by atoms with E-state index >= 15 is 0 Å². The predicted molar refractivity (Wildman–Crippen MR) is 126 cm³/mol. The maximum absolute atomic E-state index is 12.5. The Morgan fingerprint density at radius 1 is 1.12 bits per heavy atom. The van der Waals surface area contributed by atoms with Crippen molar-refractivity contribution >= 4 is 10.9 Å². The monoisotopic (exact) mass is 442 g/mol. The van der Waals surface area contributed by atoms with E-state index in [9.17, 15) is 4.79 Å². The highest BCUT2D eigenvalue weighted by Gasteiger charge is 2.40. The van der Waals surface area contributed by atoms with Gasteiger partial charge in [0.15, 0.2) is 0 Å². The lowest BCUT2D eigenvalue weighted by atomic mass is 10.1. The van der Waals surface area contributed by atoms with Crippen LogP contribution < -0.4 is 10.3 Å². The van der Waals surface area contributed by atoms with Gasteiger partial charge in [-0.15, -0.1) is 0 Å². The topological polar surface area (TPSA) is 79.1 Å². The van der Waals surface area contributed by atoms with Gasteiger partial charge in [-0.25, -0.2) is 4.98 Å². The molecule has 1 saturated carbocycles. The van der Waals surface area contributed by atoms with Crippen LogP contribution in [0.2, 0.25) is 0 Å². The second-order valence-corrected chi connectivity index (χ2v) is 8.42. The molecule has 1 fully saturated rings. The van der Waals surface area contributed by atoms with Crippen LogP contribution in [-0.4, -0.2) is 39.8 Å². The molecule has 0 bridgehead atoms. The molecule has 3 heterocycles. The van der Waals surface area contributed by atoms with Crippen LogP contribution in [0.4, 0.5) is 0 Å². The molecule has 2 atom stereocenters. The molecule has 0 saturated heterocycles. The van der Waals surface area contributed by atoms with Gasteiger partial charge in [-0.2, -0.15) is 4.98 Å². The molecule has 0 radical (unpaired) electrons. The second kappa shape index (κ2) is 9.11. The van der Waals surface area contributed by atoms with Crippen LogP contribution in [0.15, 0.2) is 65.7 Å². The highest BCUT2D eigenvalue weighted by atomic mass is 16.5. The van der Waals surface area contributed by atoms with Gasteiger partial charge in [0.25, 0.3) is 5.56 Å². The van der Waals surface area contributed by atoms with E-state index < -0.39 is 0 Å². The smallest absolute Gasteiger partial charge is 0.251 e. The number of benzene rings is 1. The first-order valence-electron chi connectivity index (χ1n) is 11.1. The number of hydrogen-bond donors (Lipinski definition) is 0. The first-order valence-corrected chi connectivity index (χ1v) is 11.1. The van der Waals surface area contributed by atoms with Gasteiger partial charge < -0.3 is 14.0 Å². The molecule has 4 aromatic rings. The van der Waals surface area contributed by atoms with Crippen LogP contribution in [0.25, 0.3) is 22.0 Å². The highest BCUT2D eigenvalue weighted by molar-refractivity contribution is 5.78. The molecule has 0 aliphatic heterocycles. The van der Waals surface area contributed by atoms with E-state index in [1.54, 1.807) is 30.1 Å². The van der Waals surface area contributed by atoms with Crippen molar-refractivity contribution < 1.29 is 9.47 Å². The molecule has 1 aliphatic carbocycles. The van der Waals surface area contributed by atoms with Crippen molar-refractivity contribution in [1.82, 2.24) is 19.5 Å². The summed E-state index contributed by atoms with van der Waals surface area (Å²) in [5, 5.41) is 1.15. The quantitative estimate of drug-likeness (QED) is 0.411. The van der Waals surface area contributed by atoms with E-state index in [4.69, 9.17) is 14.5 Å². The van der Waals surface area contributed by atoms with Gasteiger partial charge in [-0.1, -0.05) is 24.3 Å². The summed E-state index contributed by atoms with van der Waals surface area (Å²) in [6.45, 7) is 3.37. The third-order valence-electron chi connectivity index (χ3n) is 6.07. The van der Waals surface area contributed by atoms with E-state index in [1.807, 2.05) is 31.2 Å². The van der Waals surface area contributed by atoms with Crippen LogP contribution in [0.1, 0.15) is 23.9 Å². The Labute approximate surface area is 192 Å². The van der Waals surface area contributed by atoms with Crippen molar-refractivity contribution in [3.63, 3.8) is 0 Å². The van der Waals surface area contributed by atoms with Crippen LogP contribution in [0, 0.1) is 12.8 Å². The SMILES string of the molecule is COCCn1ccc(-c2cnc(C)nc2OC[C@H]2C[C@@H]2c2ccc3ccccc3n2)cc1=O. The van der Waals surface area contributed by atoms with Crippen LogP contribution >= 0.6 is 0 Å². The summed E-state index contributed by atoms with van der Waals surface area (Å²) >= 11 is 0. The van der Waals surface area contributed by atoms with Crippen molar-refractivity contribution in [2.75, 3.05) is 20.3 Å². The average molecular weight is 443 g/mol. The van der Waals surface area contributed by atoms with Crippen molar-refractivity contribution in [3.05, 3.63) is 82.8 Å². The molecule has 33 heavy (non-hydrogen) atoms. The van der Waals surface area contributed by atoms with E-state index in [0.717, 1.165) is 34.1 Å². The number of methoxy groups -OCH3 is 1. The van der Waals surface area contributed by atoms with Crippen LogP contribution in [-0.2, 0) is 11.3 Å². The molecular weight excluding hydrogens is 416 g/mol. The Bertz CT molecular complexity index is 1350. The summed E-state index contributed by atoms with van der Waals surface area (Å²) in [5.41, 5.74) is 3.50. The molecule has 0 amide bonds. The molecule has 7 heteroatoms. The Morgan fingerprint density at radius 2 is 2.00 bits per heavy atom. The summed E-state index contributed by atoms with van der Waals surface area (Å²) in [6, 6.07) is 15.9. The lowest BCUT2D eigenvalue weighted by molar-refractivity contribution is 0.186. The van der Waals surface area contributed by atoms with Crippen molar-refractivity contribution in [1.29, 1.82) is 0 Å². The number of pyridine rings is 2. The molecule has 1 aromatic carbocycles. The molecule has 0 spiro atoms. The average Bonchev–Trinajstić information content (AvgIpc) is 3.61. The Kier molecular flexibility index (Phi) is 5.88. The van der Waals surface area contributed by atoms with Gasteiger partial charge >= 0.3 is 0 Å². The van der Waals surface area contributed by atoms with E-state index in [2.05, 4.69) is 28.2 Å². The third-order valence-corrected chi connectivity index (χ3v) is 6.07. The minimum absolute atomic E-state index is 0.0966. The number of rotatable bonds is 8. The number of aromatic nitrogens is 4. The number of fused-ring (bicyclic) bond motifs is 1. The summed E-state index contributed by atoms with van der Waals surface area (Å²) in [5.74, 6) is 1.92. The van der Waals surface area contributed by atoms with Gasteiger partial charge in [0, 0.05) is 55.0 Å². The third kappa shape index (κ3) is 4.64. The zero-order valence-corrected chi connectivity index (χ0v) is 18.8. The normalized spacial score (nSPS) is 17.3. The number of nitrogens with zero attached hydrogens (tertiary/aromatic N) is 4. The van der Waals surface area contributed by atoms with Gasteiger partial charge in [0.2, 0.25) is 5.88 Å². The molecule has 3 aromatic heterocycles. The summed E-state index contributed by atoms with van der Waals surface area (Å²) in [4.78, 5) is 26.2. The summed E-state index contributed by atoms with van der Waals surface area (Å²) in [6.07, 6.45) is 4.53. The lowest BCUT2D eigenvalue weighted by Crippen LogP contribution is -2.20. The lowest BCUT2D eigenvalue weighted by Gasteiger charge is -2.12. The highest BCUT2D eigenvalue weighted by Crippen LogP contribution is 2.47. The van der Waals surface area contributed by atoms with Crippen molar-refractivity contribution in [2.24, 2.45) is 5.92 Å². The molecule has 7 nitrogen and oxygen atoms in total. The fourth-order valence-electron chi connectivity index (χ4n) is 4.08. The Morgan fingerprint density at radius 3 is 2.85 bits per heavy atom. The summed E-state index contributed by atoms with van der Waals surface area (Å²) in [7, 11) is 1.62. The van der Waals surface area contributed by atoms with E-state index in [-0.39, 0.29) is 5.56 Å². The van der Waals surface area contributed by atoms with Crippen molar-refractivity contribution in [3.8, 4) is 17.0 Å². The fourth-order valence-corrected chi connectivity index (χ4v) is 4.08. The zero-order chi connectivity index (χ0) is 22.8. The van der Waals surface area contributed by atoms with Crippen molar-refractivity contribution in [2.45, 2.75) is 25.8 Å². The molecule has 0 unspecified atom stereocenters. The molecular formula is C26H26N4O3. The maximum Gasteiger partial charge on any atom is 0.251 e. The molecule has 0 N–H and O–H groups in total. The first kappa shape index (κ1) is 21.3. The molecule has 5 rings (SSSR count). The standard InChI is InChI=1S/C26H26N4O3/c1-17-27-15-22(19-9-10-30(11-12-32-2)25(31)14-19)26(28-17)33-16-20-13-21(20)24-8-7-18-5-3-4-6-23(18)29-24/h3-10,14-15,20-21H,11-13,16H2,1-2H3/t20-,21+/m1/s1. The number of para-hydroxylation sites is 1. The predicted octanol–water partition coefficient (Wildman–Crippen LogP) is 3.99. The Hall–Kier alpha value is -3.58. The molecule has 1 aliphatic rings. The van der Waals surface area contributed by atoms with Gasteiger partial charge in [0.1, 0.15) is 5.82 Å². The molecule has 168 valence electrons. The largest absolute Gasteiger partial charge is 0.477 e. The zero-order valence-electron chi connectivity index (χ0n) is 18.8. The number of ether oxygens (including phenoxy) is 2. The van der Waals surface area contributed by atoms with Gasteiger partial charge in [-0.3, -0.25) is 9.78 Å². The maximum atomic E-state index is 12.5. The minimum atomic E-state index is -0.0966. The minimum Gasteiger partial charge on any atom is -0.477 e. The van der Waals surface area contributed by atoms with E-state index in [1.165, 1.54) is 0 Å². The van der Waals surface area contributed by atoms with Crippen LogP contribution in [0.5, 0.6) is 5.88 Å². The van der Waals surface area contributed by atoms with Gasteiger partial charge in [-0.05, 0) is 37.1 Å². The first-order chi connectivity index (χ1) is 16.1.